The van der Waals surface area contributed by atoms with Crippen molar-refractivity contribution in [3.8, 4) is 0 Å². The number of carbonyl (C=O) groups is 1. The Morgan fingerprint density at radius 3 is 2.71 bits per heavy atom. The molecule has 2 fully saturated rings. The second-order valence-electron chi connectivity index (χ2n) is 5.22. The number of hydrogen-bond acceptors (Lipinski definition) is 2. The summed E-state index contributed by atoms with van der Waals surface area (Å²) in [5.74, 6) is 0.912. The topological polar surface area (TPSA) is 32.3 Å². The van der Waals surface area contributed by atoms with Crippen LogP contribution in [-0.4, -0.2) is 29.1 Å². The van der Waals surface area contributed by atoms with Gasteiger partial charge in [-0.1, -0.05) is 13.8 Å². The molecule has 2 rings (SSSR count). The van der Waals surface area contributed by atoms with Crippen molar-refractivity contribution >= 4 is 5.91 Å². The van der Waals surface area contributed by atoms with E-state index in [1.807, 2.05) is 0 Å². The molecule has 1 aliphatic heterocycles. The Labute approximate surface area is 85.8 Å². The van der Waals surface area contributed by atoms with Crippen molar-refractivity contribution in [2.75, 3.05) is 6.54 Å². The minimum atomic E-state index is -0.0770. The third kappa shape index (κ3) is 1.65. The number of amides is 1. The van der Waals surface area contributed by atoms with Gasteiger partial charge in [0.2, 0.25) is 5.91 Å². The molecule has 0 spiro atoms. The lowest BCUT2D eigenvalue weighted by molar-refractivity contribution is -0.131. The maximum Gasteiger partial charge on any atom is 0.238 e. The Kier molecular flexibility index (Phi) is 2.30. The molecule has 0 radical (unpaired) electrons. The minimum absolute atomic E-state index is 0.0770. The van der Waals surface area contributed by atoms with Gasteiger partial charge < -0.3 is 4.90 Å². The highest BCUT2D eigenvalue weighted by Gasteiger charge is 2.48. The zero-order valence-corrected chi connectivity index (χ0v) is 9.34. The molecule has 2 aliphatic rings. The standard InChI is InChI=1S/C11H20N2O/c1-8(2)6-11(3)12-7-10(14)13(11)9-4-5-9/h8-9,12H,4-7H2,1-3H3. The molecule has 0 aromatic carbocycles. The lowest BCUT2D eigenvalue weighted by atomic mass is 9.98. The van der Waals surface area contributed by atoms with Crippen molar-refractivity contribution in [2.45, 2.75) is 51.7 Å². The van der Waals surface area contributed by atoms with Crippen LogP contribution in [0.4, 0.5) is 0 Å². The molecule has 0 aromatic rings. The first-order chi connectivity index (χ1) is 6.53. The molecular weight excluding hydrogens is 176 g/mol. The number of hydrogen-bond donors (Lipinski definition) is 1. The van der Waals surface area contributed by atoms with Gasteiger partial charge in [0.15, 0.2) is 0 Å². The second-order valence-corrected chi connectivity index (χ2v) is 5.22. The summed E-state index contributed by atoms with van der Waals surface area (Å²) in [6, 6.07) is 0.529. The summed E-state index contributed by atoms with van der Waals surface area (Å²) in [5.41, 5.74) is -0.0770. The molecule has 3 nitrogen and oxygen atoms in total. The predicted molar refractivity (Wildman–Crippen MR) is 55.7 cm³/mol. The molecule has 1 aliphatic carbocycles. The van der Waals surface area contributed by atoms with Crippen LogP contribution in [0.1, 0.15) is 40.0 Å². The quantitative estimate of drug-likeness (QED) is 0.739. The third-order valence-corrected chi connectivity index (χ3v) is 3.14. The van der Waals surface area contributed by atoms with Gasteiger partial charge in [-0.3, -0.25) is 10.1 Å². The normalized spacial score (nSPS) is 33.1. The Bertz CT molecular complexity index is 248. The maximum atomic E-state index is 11.7. The fourth-order valence-corrected chi connectivity index (χ4v) is 2.62. The average molecular weight is 196 g/mol. The van der Waals surface area contributed by atoms with E-state index < -0.39 is 0 Å². The van der Waals surface area contributed by atoms with Gasteiger partial charge in [0.25, 0.3) is 0 Å². The first-order valence-corrected chi connectivity index (χ1v) is 5.60. The molecule has 1 unspecified atom stereocenters. The van der Waals surface area contributed by atoms with E-state index in [2.05, 4.69) is 31.0 Å². The predicted octanol–water partition coefficient (Wildman–Crippen LogP) is 1.34. The van der Waals surface area contributed by atoms with E-state index in [-0.39, 0.29) is 11.6 Å². The molecule has 0 aromatic heterocycles. The highest BCUT2D eigenvalue weighted by atomic mass is 16.2. The fraction of sp³-hybridized carbons (Fsp3) is 0.909. The van der Waals surface area contributed by atoms with Crippen LogP contribution in [0.2, 0.25) is 0 Å². The Hall–Kier alpha value is -0.570. The number of nitrogens with one attached hydrogen (secondary N) is 1. The van der Waals surface area contributed by atoms with Crippen LogP contribution >= 0.6 is 0 Å². The van der Waals surface area contributed by atoms with Gasteiger partial charge in [0.05, 0.1) is 12.2 Å². The van der Waals surface area contributed by atoms with E-state index in [1.165, 1.54) is 12.8 Å². The van der Waals surface area contributed by atoms with E-state index in [0.29, 0.717) is 18.5 Å². The first kappa shape index (κ1) is 9.97. The molecule has 80 valence electrons. The molecule has 1 N–H and O–H groups in total. The zero-order valence-electron chi connectivity index (χ0n) is 9.34. The number of carbonyl (C=O) groups excluding carboxylic acids is 1. The van der Waals surface area contributed by atoms with Crippen molar-refractivity contribution in [1.29, 1.82) is 0 Å². The van der Waals surface area contributed by atoms with Crippen LogP contribution in [0, 0.1) is 5.92 Å². The Morgan fingerprint density at radius 2 is 2.21 bits per heavy atom. The van der Waals surface area contributed by atoms with Crippen LogP contribution in [0.25, 0.3) is 0 Å². The molecule has 1 atom stereocenters. The van der Waals surface area contributed by atoms with Gasteiger partial charge in [-0.15, -0.1) is 0 Å². The smallest absolute Gasteiger partial charge is 0.238 e. The van der Waals surface area contributed by atoms with E-state index in [1.54, 1.807) is 0 Å². The lowest BCUT2D eigenvalue weighted by Gasteiger charge is -2.36. The Morgan fingerprint density at radius 1 is 1.57 bits per heavy atom. The largest absolute Gasteiger partial charge is 0.321 e. The molecule has 1 heterocycles. The maximum absolute atomic E-state index is 11.7. The number of nitrogens with zero attached hydrogens (tertiary/aromatic N) is 1. The van der Waals surface area contributed by atoms with Crippen molar-refractivity contribution in [3.05, 3.63) is 0 Å². The Balaban J connectivity index is 2.12. The molecule has 0 bridgehead atoms. The van der Waals surface area contributed by atoms with Gasteiger partial charge in [-0.25, -0.2) is 0 Å². The van der Waals surface area contributed by atoms with Crippen LogP contribution in [0.15, 0.2) is 0 Å². The summed E-state index contributed by atoms with van der Waals surface area (Å²) >= 11 is 0. The molecule has 1 saturated heterocycles. The van der Waals surface area contributed by atoms with Crippen molar-refractivity contribution < 1.29 is 4.79 Å². The van der Waals surface area contributed by atoms with Gasteiger partial charge in [-0.2, -0.15) is 0 Å². The molecule has 3 heteroatoms. The van der Waals surface area contributed by atoms with Crippen molar-refractivity contribution in [3.63, 3.8) is 0 Å². The van der Waals surface area contributed by atoms with Crippen molar-refractivity contribution in [1.82, 2.24) is 10.2 Å². The average Bonchev–Trinajstić information content (AvgIpc) is 2.80. The summed E-state index contributed by atoms with van der Waals surface area (Å²) in [7, 11) is 0. The van der Waals surface area contributed by atoms with Crippen LogP contribution < -0.4 is 5.32 Å². The summed E-state index contributed by atoms with van der Waals surface area (Å²) in [5, 5.41) is 3.36. The summed E-state index contributed by atoms with van der Waals surface area (Å²) in [6.45, 7) is 7.11. The lowest BCUT2D eigenvalue weighted by Crippen LogP contribution is -2.51. The van der Waals surface area contributed by atoms with Gasteiger partial charge in [0, 0.05) is 6.04 Å². The van der Waals surface area contributed by atoms with Crippen LogP contribution in [-0.2, 0) is 4.79 Å². The second kappa shape index (κ2) is 3.23. The minimum Gasteiger partial charge on any atom is -0.321 e. The van der Waals surface area contributed by atoms with E-state index in [4.69, 9.17) is 0 Å². The SMILES string of the molecule is CC(C)CC1(C)NCC(=O)N1C1CC1. The zero-order chi connectivity index (χ0) is 10.3. The van der Waals surface area contributed by atoms with E-state index in [0.717, 1.165) is 6.42 Å². The summed E-state index contributed by atoms with van der Waals surface area (Å²) < 4.78 is 0. The van der Waals surface area contributed by atoms with Crippen molar-refractivity contribution in [2.24, 2.45) is 5.92 Å². The molecular formula is C11H20N2O. The first-order valence-electron chi connectivity index (χ1n) is 5.60. The van der Waals surface area contributed by atoms with E-state index in [9.17, 15) is 4.79 Å². The number of rotatable bonds is 3. The van der Waals surface area contributed by atoms with Gasteiger partial charge in [0.1, 0.15) is 0 Å². The molecule has 1 saturated carbocycles. The summed E-state index contributed by atoms with van der Waals surface area (Å²) in [4.78, 5) is 13.8. The van der Waals surface area contributed by atoms with Gasteiger partial charge in [-0.05, 0) is 32.1 Å². The highest BCUT2D eigenvalue weighted by Crippen LogP contribution is 2.36. The molecule has 1 amide bonds. The van der Waals surface area contributed by atoms with E-state index >= 15 is 0 Å². The summed E-state index contributed by atoms with van der Waals surface area (Å²) in [6.07, 6.45) is 3.44. The third-order valence-electron chi connectivity index (χ3n) is 3.14. The van der Waals surface area contributed by atoms with Crippen LogP contribution in [0.5, 0.6) is 0 Å². The fourth-order valence-electron chi connectivity index (χ4n) is 2.62. The van der Waals surface area contributed by atoms with Gasteiger partial charge >= 0.3 is 0 Å². The highest BCUT2D eigenvalue weighted by molar-refractivity contribution is 5.82. The van der Waals surface area contributed by atoms with Crippen LogP contribution in [0.3, 0.4) is 0 Å². The molecule has 14 heavy (non-hydrogen) atoms. The monoisotopic (exact) mass is 196 g/mol.